The molecule has 0 aliphatic carbocycles. The highest BCUT2D eigenvalue weighted by Crippen LogP contribution is 2.31. The molecule has 1 atom stereocenters. The summed E-state index contributed by atoms with van der Waals surface area (Å²) in [5, 5.41) is 22.6. The van der Waals surface area contributed by atoms with Crippen LogP contribution in [0.3, 0.4) is 0 Å². The lowest BCUT2D eigenvalue weighted by Crippen LogP contribution is -2.06. The number of hydrogen-bond donors (Lipinski definition) is 1. The van der Waals surface area contributed by atoms with Gasteiger partial charge >= 0.3 is 0 Å². The van der Waals surface area contributed by atoms with Crippen molar-refractivity contribution in [3.63, 3.8) is 0 Å². The topological polar surface area (TPSA) is 68.8 Å². The second-order valence-corrected chi connectivity index (χ2v) is 5.87. The van der Waals surface area contributed by atoms with Gasteiger partial charge in [0.1, 0.15) is 11.5 Å². The van der Waals surface area contributed by atoms with E-state index in [0.29, 0.717) is 28.5 Å². The van der Waals surface area contributed by atoms with Crippen molar-refractivity contribution in [3.05, 3.63) is 52.7 Å². The summed E-state index contributed by atoms with van der Waals surface area (Å²) in [7, 11) is 0. The fourth-order valence-corrected chi connectivity index (χ4v) is 2.75. The van der Waals surface area contributed by atoms with Crippen LogP contribution >= 0.6 is 11.6 Å². The standard InChI is InChI=1S/C16H17ClFN5O/c1-3-22-8-12(19-21-22)9-23-15(7-16(17)20-23)13-5-4-11(18)6-14(13)10(2)24/h4-8,10,24H,3,9H2,1-2H3/t10-/m1/s1. The summed E-state index contributed by atoms with van der Waals surface area (Å²) in [4.78, 5) is 0. The molecule has 0 aliphatic rings. The molecule has 0 bridgehead atoms. The Bertz CT molecular complexity index is 858. The number of hydrogen-bond acceptors (Lipinski definition) is 4. The Hall–Kier alpha value is -2.25. The first-order valence-corrected chi connectivity index (χ1v) is 7.96. The van der Waals surface area contributed by atoms with Crippen molar-refractivity contribution in [2.75, 3.05) is 0 Å². The van der Waals surface area contributed by atoms with E-state index in [1.54, 1.807) is 28.4 Å². The molecule has 1 aromatic carbocycles. The van der Waals surface area contributed by atoms with Gasteiger partial charge < -0.3 is 5.11 Å². The summed E-state index contributed by atoms with van der Waals surface area (Å²) in [5.74, 6) is -0.405. The molecule has 0 amide bonds. The molecule has 8 heteroatoms. The van der Waals surface area contributed by atoms with E-state index >= 15 is 0 Å². The highest BCUT2D eigenvalue weighted by molar-refractivity contribution is 6.29. The average molecular weight is 350 g/mol. The van der Waals surface area contributed by atoms with Crippen molar-refractivity contribution in [2.24, 2.45) is 0 Å². The summed E-state index contributed by atoms with van der Waals surface area (Å²) < 4.78 is 16.9. The van der Waals surface area contributed by atoms with Crippen LogP contribution < -0.4 is 0 Å². The molecule has 0 saturated heterocycles. The number of aromatic nitrogens is 5. The van der Waals surface area contributed by atoms with Gasteiger partial charge in [-0.15, -0.1) is 5.10 Å². The van der Waals surface area contributed by atoms with E-state index in [4.69, 9.17) is 11.6 Å². The quantitative estimate of drug-likeness (QED) is 0.768. The number of aliphatic hydroxyl groups is 1. The maximum Gasteiger partial charge on any atom is 0.151 e. The van der Waals surface area contributed by atoms with Gasteiger partial charge in [-0.3, -0.25) is 9.36 Å². The van der Waals surface area contributed by atoms with E-state index in [9.17, 15) is 9.50 Å². The van der Waals surface area contributed by atoms with Gasteiger partial charge in [0.2, 0.25) is 0 Å². The maximum absolute atomic E-state index is 13.5. The minimum Gasteiger partial charge on any atom is -0.389 e. The summed E-state index contributed by atoms with van der Waals surface area (Å²) in [5.41, 5.74) is 2.57. The average Bonchev–Trinajstić information content (AvgIpc) is 3.14. The van der Waals surface area contributed by atoms with E-state index in [1.165, 1.54) is 12.1 Å². The normalized spacial score (nSPS) is 12.5. The molecular formula is C16H17ClFN5O. The molecule has 0 aliphatic heterocycles. The van der Waals surface area contributed by atoms with Gasteiger partial charge in [-0.2, -0.15) is 5.10 Å². The van der Waals surface area contributed by atoms with Crippen LogP contribution in [0.5, 0.6) is 0 Å². The Morgan fingerprint density at radius 1 is 1.33 bits per heavy atom. The van der Waals surface area contributed by atoms with Gasteiger partial charge in [-0.25, -0.2) is 4.39 Å². The molecule has 126 valence electrons. The molecule has 2 aromatic heterocycles. The van der Waals surface area contributed by atoms with Gasteiger partial charge in [-0.05, 0) is 37.6 Å². The van der Waals surface area contributed by atoms with Gasteiger partial charge in [-0.1, -0.05) is 16.8 Å². The predicted molar refractivity (Wildman–Crippen MR) is 88.1 cm³/mol. The third kappa shape index (κ3) is 3.32. The van der Waals surface area contributed by atoms with Gasteiger partial charge in [0.25, 0.3) is 0 Å². The number of aliphatic hydroxyl groups excluding tert-OH is 1. The Morgan fingerprint density at radius 3 is 2.79 bits per heavy atom. The van der Waals surface area contributed by atoms with E-state index < -0.39 is 11.9 Å². The molecule has 3 aromatic rings. The predicted octanol–water partition coefficient (Wildman–Crippen LogP) is 3.06. The fourth-order valence-electron chi connectivity index (χ4n) is 2.55. The van der Waals surface area contributed by atoms with Crippen LogP contribution in [-0.2, 0) is 13.1 Å². The summed E-state index contributed by atoms with van der Waals surface area (Å²) >= 11 is 6.07. The molecule has 0 saturated carbocycles. The Labute approximate surface area is 143 Å². The zero-order valence-corrected chi connectivity index (χ0v) is 14.1. The summed E-state index contributed by atoms with van der Waals surface area (Å²) in [6.45, 7) is 4.66. The van der Waals surface area contributed by atoms with Gasteiger partial charge in [0.05, 0.1) is 24.5 Å². The number of nitrogens with zero attached hydrogens (tertiary/aromatic N) is 5. The molecule has 3 rings (SSSR count). The fraction of sp³-hybridized carbons (Fsp3) is 0.312. The number of benzene rings is 1. The molecular weight excluding hydrogens is 333 g/mol. The molecule has 0 radical (unpaired) electrons. The van der Waals surface area contributed by atoms with Crippen LogP contribution in [0.25, 0.3) is 11.3 Å². The van der Waals surface area contributed by atoms with E-state index in [-0.39, 0.29) is 0 Å². The smallest absolute Gasteiger partial charge is 0.151 e. The minimum absolute atomic E-state index is 0.314. The Balaban J connectivity index is 2.03. The molecule has 0 spiro atoms. The zero-order valence-electron chi connectivity index (χ0n) is 13.3. The molecule has 2 heterocycles. The van der Waals surface area contributed by atoms with Crippen molar-refractivity contribution >= 4 is 11.6 Å². The maximum atomic E-state index is 13.5. The monoisotopic (exact) mass is 349 g/mol. The van der Waals surface area contributed by atoms with Crippen molar-refractivity contribution < 1.29 is 9.50 Å². The molecule has 0 fully saturated rings. The number of rotatable bonds is 5. The SMILES string of the molecule is CCn1cc(Cn2nc(Cl)cc2-c2ccc(F)cc2[C@@H](C)O)nn1. The molecule has 0 unspecified atom stereocenters. The second-order valence-electron chi connectivity index (χ2n) is 5.48. The number of halogens is 2. The molecule has 24 heavy (non-hydrogen) atoms. The van der Waals surface area contributed by atoms with Crippen LogP contribution in [0.4, 0.5) is 4.39 Å². The first-order chi connectivity index (χ1) is 11.5. The Kier molecular flexibility index (Phi) is 4.64. The van der Waals surface area contributed by atoms with Crippen molar-refractivity contribution in [2.45, 2.75) is 33.0 Å². The zero-order chi connectivity index (χ0) is 17.3. The van der Waals surface area contributed by atoms with E-state index in [1.807, 2.05) is 13.1 Å². The Morgan fingerprint density at radius 2 is 2.12 bits per heavy atom. The van der Waals surface area contributed by atoms with Crippen LogP contribution in [0.2, 0.25) is 5.15 Å². The van der Waals surface area contributed by atoms with Crippen molar-refractivity contribution in [1.82, 2.24) is 24.8 Å². The summed E-state index contributed by atoms with van der Waals surface area (Å²) in [6, 6.07) is 5.97. The molecule has 6 nitrogen and oxygen atoms in total. The van der Waals surface area contributed by atoms with Gasteiger partial charge in [0, 0.05) is 18.2 Å². The van der Waals surface area contributed by atoms with Crippen LogP contribution in [0.1, 0.15) is 31.2 Å². The van der Waals surface area contributed by atoms with Crippen LogP contribution in [0.15, 0.2) is 30.5 Å². The highest BCUT2D eigenvalue weighted by atomic mass is 35.5. The largest absolute Gasteiger partial charge is 0.389 e. The lowest BCUT2D eigenvalue weighted by atomic mass is 10.0. The third-order valence-corrected chi connectivity index (χ3v) is 3.90. The lowest BCUT2D eigenvalue weighted by Gasteiger charge is -2.13. The van der Waals surface area contributed by atoms with Crippen molar-refractivity contribution in [1.29, 1.82) is 0 Å². The second kappa shape index (κ2) is 6.70. The minimum atomic E-state index is -0.821. The van der Waals surface area contributed by atoms with Crippen LogP contribution in [-0.4, -0.2) is 29.9 Å². The van der Waals surface area contributed by atoms with Crippen molar-refractivity contribution in [3.8, 4) is 11.3 Å². The van der Waals surface area contributed by atoms with Gasteiger partial charge in [0.15, 0.2) is 5.15 Å². The first-order valence-electron chi connectivity index (χ1n) is 7.58. The highest BCUT2D eigenvalue weighted by Gasteiger charge is 2.17. The third-order valence-electron chi connectivity index (χ3n) is 3.71. The first kappa shape index (κ1) is 16.6. The van der Waals surface area contributed by atoms with E-state index in [0.717, 1.165) is 12.2 Å². The van der Waals surface area contributed by atoms with E-state index in [2.05, 4.69) is 15.4 Å². The summed E-state index contributed by atoms with van der Waals surface area (Å²) in [6.07, 6.45) is 1.01. The lowest BCUT2D eigenvalue weighted by molar-refractivity contribution is 0.199. The van der Waals surface area contributed by atoms with Crippen LogP contribution in [0, 0.1) is 5.82 Å². The number of aryl methyl sites for hydroxylation is 1. The molecule has 1 N–H and O–H groups in total.